The van der Waals surface area contributed by atoms with Gasteiger partial charge in [-0.25, -0.2) is 17.5 Å². The van der Waals surface area contributed by atoms with Crippen LogP contribution >= 0.6 is 0 Å². The Bertz CT molecular complexity index is 748. The number of aliphatic hydroxyl groups is 1. The number of nitrogen functional groups attached to an aromatic ring is 1. The molecule has 4 N–H and O–H groups in total. The number of nitrogens with two attached hydrogens (primary N) is 1. The first-order chi connectivity index (χ1) is 9.92. The van der Waals surface area contributed by atoms with E-state index in [0.717, 1.165) is 12.1 Å². The molecule has 0 bridgehead atoms. The average molecular weight is 310 g/mol. The van der Waals surface area contributed by atoms with Gasteiger partial charge < -0.3 is 10.8 Å². The molecule has 0 aromatic heterocycles. The SMILES string of the molecule is Nc1ccc(F)cc1S(=O)(=O)NCc1cccc(CO)c1. The molecule has 0 aliphatic heterocycles. The molecule has 0 amide bonds. The fourth-order valence-electron chi connectivity index (χ4n) is 1.83. The minimum atomic E-state index is -3.91. The highest BCUT2D eigenvalue weighted by Crippen LogP contribution is 2.19. The number of benzene rings is 2. The Morgan fingerprint density at radius 3 is 2.57 bits per heavy atom. The molecule has 0 atom stereocenters. The van der Waals surface area contributed by atoms with Crippen LogP contribution in [-0.2, 0) is 23.2 Å². The van der Waals surface area contributed by atoms with Crippen LogP contribution in [0.1, 0.15) is 11.1 Å². The number of rotatable bonds is 5. The highest BCUT2D eigenvalue weighted by molar-refractivity contribution is 7.89. The molecule has 2 rings (SSSR count). The molecular formula is C14H15FN2O3S. The van der Waals surface area contributed by atoms with Gasteiger partial charge in [0, 0.05) is 6.54 Å². The van der Waals surface area contributed by atoms with E-state index in [1.807, 2.05) is 0 Å². The first kappa shape index (κ1) is 15.4. The zero-order valence-electron chi connectivity index (χ0n) is 11.1. The van der Waals surface area contributed by atoms with Gasteiger partial charge in [0.25, 0.3) is 0 Å². The van der Waals surface area contributed by atoms with Gasteiger partial charge in [-0.15, -0.1) is 0 Å². The van der Waals surface area contributed by atoms with Gasteiger partial charge in [-0.3, -0.25) is 0 Å². The number of hydrogen-bond donors (Lipinski definition) is 3. The molecule has 21 heavy (non-hydrogen) atoms. The van der Waals surface area contributed by atoms with Gasteiger partial charge in [-0.1, -0.05) is 24.3 Å². The third-order valence-electron chi connectivity index (χ3n) is 2.91. The molecule has 0 heterocycles. The van der Waals surface area contributed by atoms with Crippen LogP contribution in [0.4, 0.5) is 10.1 Å². The molecule has 0 fully saturated rings. The monoisotopic (exact) mass is 310 g/mol. The first-order valence-corrected chi connectivity index (χ1v) is 7.64. The van der Waals surface area contributed by atoms with Crippen LogP contribution in [0.3, 0.4) is 0 Å². The standard InChI is InChI=1S/C14H15FN2O3S/c15-12-4-5-13(16)14(7-12)21(19,20)17-8-10-2-1-3-11(6-10)9-18/h1-7,17-18H,8-9,16H2. The van der Waals surface area contributed by atoms with Crippen LogP contribution in [0.2, 0.25) is 0 Å². The summed E-state index contributed by atoms with van der Waals surface area (Å²) in [6, 6.07) is 10.0. The smallest absolute Gasteiger partial charge is 0.243 e. The summed E-state index contributed by atoms with van der Waals surface area (Å²) in [5.41, 5.74) is 6.91. The van der Waals surface area contributed by atoms with Gasteiger partial charge in [-0.05, 0) is 29.3 Å². The quantitative estimate of drug-likeness (QED) is 0.727. The summed E-state index contributed by atoms with van der Waals surface area (Å²) >= 11 is 0. The van der Waals surface area contributed by atoms with Gasteiger partial charge in [0.2, 0.25) is 10.0 Å². The maximum Gasteiger partial charge on any atom is 0.243 e. The summed E-state index contributed by atoms with van der Waals surface area (Å²) in [5.74, 6) is -0.674. The van der Waals surface area contributed by atoms with Gasteiger partial charge in [-0.2, -0.15) is 0 Å². The lowest BCUT2D eigenvalue weighted by Crippen LogP contribution is -2.24. The minimum Gasteiger partial charge on any atom is -0.398 e. The maximum absolute atomic E-state index is 13.2. The van der Waals surface area contributed by atoms with E-state index >= 15 is 0 Å². The normalized spacial score (nSPS) is 11.5. The molecule has 0 spiro atoms. The third kappa shape index (κ3) is 3.78. The molecule has 0 aliphatic rings. The van der Waals surface area contributed by atoms with Crippen molar-refractivity contribution in [3.05, 3.63) is 59.4 Å². The molecule has 0 radical (unpaired) electrons. The minimum absolute atomic E-state index is 0.0200. The van der Waals surface area contributed by atoms with E-state index in [0.29, 0.717) is 11.1 Å². The third-order valence-corrected chi connectivity index (χ3v) is 4.36. The van der Waals surface area contributed by atoms with Crippen molar-refractivity contribution in [3.8, 4) is 0 Å². The zero-order valence-corrected chi connectivity index (χ0v) is 11.9. The summed E-state index contributed by atoms with van der Waals surface area (Å²) < 4.78 is 39.8. The molecule has 112 valence electrons. The number of hydrogen-bond acceptors (Lipinski definition) is 4. The van der Waals surface area contributed by atoms with E-state index in [9.17, 15) is 12.8 Å². The molecule has 0 unspecified atom stereocenters. The second kappa shape index (κ2) is 6.21. The molecule has 0 saturated carbocycles. The van der Waals surface area contributed by atoms with E-state index < -0.39 is 15.8 Å². The van der Waals surface area contributed by atoms with Crippen LogP contribution in [-0.4, -0.2) is 13.5 Å². The Morgan fingerprint density at radius 1 is 1.14 bits per heavy atom. The van der Waals surface area contributed by atoms with Crippen molar-refractivity contribution in [2.75, 3.05) is 5.73 Å². The number of aliphatic hydroxyl groups excluding tert-OH is 1. The highest BCUT2D eigenvalue weighted by Gasteiger charge is 2.18. The summed E-state index contributed by atoms with van der Waals surface area (Å²) in [6.07, 6.45) is 0. The van der Waals surface area contributed by atoms with Crippen molar-refractivity contribution in [2.24, 2.45) is 0 Å². The van der Waals surface area contributed by atoms with E-state index in [1.165, 1.54) is 6.07 Å². The van der Waals surface area contributed by atoms with Crippen LogP contribution in [0, 0.1) is 5.82 Å². The number of nitrogens with one attached hydrogen (secondary N) is 1. The van der Waals surface area contributed by atoms with Crippen LogP contribution in [0.15, 0.2) is 47.4 Å². The lowest BCUT2D eigenvalue weighted by Gasteiger charge is -2.10. The van der Waals surface area contributed by atoms with Crippen molar-refractivity contribution >= 4 is 15.7 Å². The molecule has 0 saturated heterocycles. The number of sulfonamides is 1. The fourth-order valence-corrected chi connectivity index (χ4v) is 2.99. The second-order valence-electron chi connectivity index (χ2n) is 4.48. The van der Waals surface area contributed by atoms with Crippen molar-refractivity contribution in [1.29, 1.82) is 0 Å². The Hall–Kier alpha value is -1.96. The highest BCUT2D eigenvalue weighted by atomic mass is 32.2. The Balaban J connectivity index is 2.19. The predicted molar refractivity (Wildman–Crippen MR) is 77.2 cm³/mol. The molecule has 7 heteroatoms. The van der Waals surface area contributed by atoms with Crippen molar-refractivity contribution in [2.45, 2.75) is 18.0 Å². The van der Waals surface area contributed by atoms with Gasteiger partial charge in [0.15, 0.2) is 0 Å². The molecule has 5 nitrogen and oxygen atoms in total. The number of anilines is 1. The Morgan fingerprint density at radius 2 is 1.86 bits per heavy atom. The maximum atomic E-state index is 13.2. The Labute approximate surface area is 122 Å². The number of halogens is 1. The Kier molecular flexibility index (Phi) is 4.56. The van der Waals surface area contributed by atoms with Crippen LogP contribution < -0.4 is 10.5 Å². The zero-order chi connectivity index (χ0) is 15.5. The summed E-state index contributed by atoms with van der Waals surface area (Å²) in [6.45, 7) is -0.108. The predicted octanol–water partition coefficient (Wildman–Crippen LogP) is 1.38. The van der Waals surface area contributed by atoms with E-state index in [4.69, 9.17) is 10.8 Å². The van der Waals surface area contributed by atoms with Crippen LogP contribution in [0.5, 0.6) is 0 Å². The fraction of sp³-hybridized carbons (Fsp3) is 0.143. The van der Waals surface area contributed by atoms with Crippen molar-refractivity contribution in [3.63, 3.8) is 0 Å². The molecular weight excluding hydrogens is 295 g/mol. The largest absolute Gasteiger partial charge is 0.398 e. The summed E-state index contributed by atoms with van der Waals surface area (Å²) in [4.78, 5) is -0.291. The van der Waals surface area contributed by atoms with Crippen LogP contribution in [0.25, 0.3) is 0 Å². The van der Waals surface area contributed by atoms with E-state index in [1.54, 1.807) is 24.3 Å². The first-order valence-electron chi connectivity index (χ1n) is 6.16. The van der Waals surface area contributed by atoms with E-state index in [2.05, 4.69) is 4.72 Å². The molecule has 0 aliphatic carbocycles. The summed E-state index contributed by atoms with van der Waals surface area (Å²) in [5, 5.41) is 9.04. The van der Waals surface area contributed by atoms with Crippen molar-refractivity contribution in [1.82, 2.24) is 4.72 Å². The topological polar surface area (TPSA) is 92.4 Å². The lowest BCUT2D eigenvalue weighted by atomic mass is 10.1. The van der Waals surface area contributed by atoms with Crippen molar-refractivity contribution < 1.29 is 17.9 Å². The second-order valence-corrected chi connectivity index (χ2v) is 6.22. The van der Waals surface area contributed by atoms with Gasteiger partial charge >= 0.3 is 0 Å². The van der Waals surface area contributed by atoms with Gasteiger partial charge in [0.1, 0.15) is 10.7 Å². The van der Waals surface area contributed by atoms with Gasteiger partial charge in [0.05, 0.1) is 12.3 Å². The molecule has 2 aromatic carbocycles. The lowest BCUT2D eigenvalue weighted by molar-refractivity contribution is 0.281. The molecule has 2 aromatic rings. The van der Waals surface area contributed by atoms with E-state index in [-0.39, 0.29) is 23.7 Å². The summed E-state index contributed by atoms with van der Waals surface area (Å²) in [7, 11) is -3.91. The average Bonchev–Trinajstić information content (AvgIpc) is 2.48.